The molecular weight excluding hydrogens is 280 g/mol. The zero-order valence-electron chi connectivity index (χ0n) is 8.81. The molecule has 2 unspecified atom stereocenters. The van der Waals surface area contributed by atoms with Crippen LogP contribution in [-0.2, 0) is 0 Å². The highest BCUT2D eigenvalue weighted by Crippen LogP contribution is 2.37. The van der Waals surface area contributed by atoms with Crippen molar-refractivity contribution in [1.82, 2.24) is 0 Å². The van der Waals surface area contributed by atoms with E-state index < -0.39 is 0 Å². The largest absolute Gasteiger partial charge is 0.131 e. The molecule has 0 N–H and O–H groups in total. The quantitative estimate of drug-likeness (QED) is 0.640. The molecule has 0 nitrogen and oxygen atoms in total. The van der Waals surface area contributed by atoms with E-state index in [1.54, 1.807) is 11.3 Å². The molecule has 0 saturated carbocycles. The molecule has 0 radical (unpaired) electrons. The summed E-state index contributed by atoms with van der Waals surface area (Å²) in [7, 11) is 0. The normalized spacial score (nSPS) is 15.5. The van der Waals surface area contributed by atoms with Crippen molar-refractivity contribution in [1.29, 1.82) is 0 Å². The fourth-order valence-corrected chi connectivity index (χ4v) is 3.34. The van der Waals surface area contributed by atoms with Gasteiger partial charge in [0.05, 0.1) is 9.16 Å². The third kappa shape index (κ3) is 3.25. The first-order valence-corrected chi connectivity index (χ1v) is 6.99. The first kappa shape index (κ1) is 12.5. The summed E-state index contributed by atoms with van der Waals surface area (Å²) in [6.45, 7) is 6.58. The molecule has 0 bridgehead atoms. The minimum Gasteiger partial charge on any atom is -0.131 e. The topological polar surface area (TPSA) is 0 Å². The monoisotopic (exact) mass is 294 g/mol. The predicted molar refractivity (Wildman–Crippen MR) is 69.4 cm³/mol. The summed E-state index contributed by atoms with van der Waals surface area (Å²) < 4.78 is 1.21. The van der Waals surface area contributed by atoms with Crippen molar-refractivity contribution < 1.29 is 0 Å². The van der Waals surface area contributed by atoms with Crippen molar-refractivity contribution in [2.45, 2.75) is 39.0 Å². The van der Waals surface area contributed by atoms with Crippen LogP contribution in [0.5, 0.6) is 0 Å². The van der Waals surface area contributed by atoms with Crippen molar-refractivity contribution in [3.63, 3.8) is 0 Å². The van der Waals surface area contributed by atoms with E-state index in [-0.39, 0.29) is 5.38 Å². The SMILES string of the molecule is CCC(C)CC(Cl)c1cc(C)c(Br)s1. The summed E-state index contributed by atoms with van der Waals surface area (Å²) >= 11 is 11.6. The molecule has 1 aromatic heterocycles. The van der Waals surface area contributed by atoms with Gasteiger partial charge in [-0.05, 0) is 46.8 Å². The lowest BCUT2D eigenvalue weighted by Gasteiger charge is -2.12. The number of alkyl halides is 1. The fraction of sp³-hybridized carbons (Fsp3) is 0.636. The highest BCUT2D eigenvalue weighted by Gasteiger charge is 2.14. The molecule has 0 aliphatic carbocycles. The van der Waals surface area contributed by atoms with Gasteiger partial charge in [-0.15, -0.1) is 22.9 Å². The number of rotatable bonds is 4. The molecule has 0 spiro atoms. The van der Waals surface area contributed by atoms with E-state index in [9.17, 15) is 0 Å². The van der Waals surface area contributed by atoms with Gasteiger partial charge < -0.3 is 0 Å². The molecule has 1 heterocycles. The van der Waals surface area contributed by atoms with Crippen LogP contribution in [0.2, 0.25) is 0 Å². The molecule has 0 amide bonds. The smallest absolute Gasteiger partial charge is 0.0731 e. The van der Waals surface area contributed by atoms with Crippen LogP contribution < -0.4 is 0 Å². The average molecular weight is 296 g/mol. The Morgan fingerprint density at radius 2 is 2.21 bits per heavy atom. The second kappa shape index (κ2) is 5.53. The molecule has 0 aromatic carbocycles. The third-order valence-corrected chi connectivity index (χ3v) is 5.28. The Bertz CT molecular complexity index is 276. The predicted octanol–water partition coefficient (Wildman–Crippen LogP) is 5.54. The van der Waals surface area contributed by atoms with Gasteiger partial charge in [-0.2, -0.15) is 0 Å². The van der Waals surface area contributed by atoms with Crippen LogP contribution in [0, 0.1) is 12.8 Å². The van der Waals surface area contributed by atoms with Crippen molar-refractivity contribution >= 4 is 38.9 Å². The van der Waals surface area contributed by atoms with Crippen LogP contribution in [0.15, 0.2) is 9.85 Å². The molecule has 0 aliphatic rings. The lowest BCUT2D eigenvalue weighted by Crippen LogP contribution is -1.97. The van der Waals surface area contributed by atoms with Gasteiger partial charge in [0.1, 0.15) is 0 Å². The Morgan fingerprint density at radius 3 is 2.64 bits per heavy atom. The number of hydrogen-bond donors (Lipinski definition) is 0. The van der Waals surface area contributed by atoms with E-state index >= 15 is 0 Å². The van der Waals surface area contributed by atoms with Crippen molar-refractivity contribution in [2.75, 3.05) is 0 Å². The minimum absolute atomic E-state index is 0.181. The van der Waals surface area contributed by atoms with E-state index in [1.807, 2.05) is 0 Å². The van der Waals surface area contributed by atoms with Crippen molar-refractivity contribution in [2.24, 2.45) is 5.92 Å². The molecule has 0 saturated heterocycles. The number of hydrogen-bond acceptors (Lipinski definition) is 1. The van der Waals surface area contributed by atoms with Crippen LogP contribution in [0.4, 0.5) is 0 Å². The molecular formula is C11H16BrClS. The van der Waals surface area contributed by atoms with E-state index in [1.165, 1.54) is 20.6 Å². The zero-order chi connectivity index (χ0) is 10.7. The fourth-order valence-electron chi connectivity index (χ4n) is 1.27. The maximum absolute atomic E-state index is 6.35. The summed E-state index contributed by atoms with van der Waals surface area (Å²) in [5.74, 6) is 0.707. The van der Waals surface area contributed by atoms with E-state index in [0.29, 0.717) is 5.92 Å². The molecule has 1 rings (SSSR count). The summed E-state index contributed by atoms with van der Waals surface area (Å²) in [6.07, 6.45) is 2.28. The van der Waals surface area contributed by atoms with Crippen LogP contribution in [-0.4, -0.2) is 0 Å². The van der Waals surface area contributed by atoms with Crippen LogP contribution in [0.3, 0.4) is 0 Å². The number of halogens is 2. The summed E-state index contributed by atoms with van der Waals surface area (Å²) in [5, 5.41) is 0.181. The van der Waals surface area contributed by atoms with Crippen molar-refractivity contribution in [3.8, 4) is 0 Å². The molecule has 80 valence electrons. The first-order valence-electron chi connectivity index (χ1n) is 4.94. The van der Waals surface area contributed by atoms with Gasteiger partial charge in [-0.3, -0.25) is 0 Å². The number of aryl methyl sites for hydroxylation is 1. The maximum atomic E-state index is 6.35. The lowest BCUT2D eigenvalue weighted by molar-refractivity contribution is 0.510. The van der Waals surface area contributed by atoms with E-state index in [4.69, 9.17) is 11.6 Å². The third-order valence-electron chi connectivity index (χ3n) is 2.49. The molecule has 2 atom stereocenters. The Kier molecular flexibility index (Phi) is 4.95. The minimum atomic E-state index is 0.181. The standard InChI is InChI=1S/C11H16BrClS/c1-4-7(2)5-9(13)10-6-8(3)11(12)14-10/h6-7,9H,4-5H2,1-3H3. The van der Waals surface area contributed by atoms with E-state index in [2.05, 4.69) is 42.8 Å². The molecule has 0 fully saturated rings. The first-order chi connectivity index (χ1) is 6.54. The second-order valence-corrected chi connectivity index (χ2v) is 6.75. The van der Waals surface area contributed by atoms with E-state index in [0.717, 1.165) is 6.42 Å². The Hall–Kier alpha value is 0.470. The Balaban J connectivity index is 2.64. The summed E-state index contributed by atoms with van der Waals surface area (Å²) in [5.41, 5.74) is 1.29. The number of thiophene rings is 1. The van der Waals surface area contributed by atoms with Gasteiger partial charge >= 0.3 is 0 Å². The van der Waals surface area contributed by atoms with Gasteiger partial charge in [-0.25, -0.2) is 0 Å². The maximum Gasteiger partial charge on any atom is 0.0731 e. The summed E-state index contributed by atoms with van der Waals surface area (Å²) in [4.78, 5) is 1.29. The van der Waals surface area contributed by atoms with Crippen LogP contribution in [0.25, 0.3) is 0 Å². The average Bonchev–Trinajstić information content (AvgIpc) is 2.47. The molecule has 14 heavy (non-hydrogen) atoms. The Morgan fingerprint density at radius 1 is 1.57 bits per heavy atom. The molecule has 3 heteroatoms. The van der Waals surface area contributed by atoms with Gasteiger partial charge in [0, 0.05) is 4.88 Å². The van der Waals surface area contributed by atoms with Gasteiger partial charge in [0.15, 0.2) is 0 Å². The summed E-state index contributed by atoms with van der Waals surface area (Å²) in [6, 6.07) is 2.19. The van der Waals surface area contributed by atoms with Gasteiger partial charge in [0.2, 0.25) is 0 Å². The highest BCUT2D eigenvalue weighted by molar-refractivity contribution is 9.11. The van der Waals surface area contributed by atoms with Crippen molar-refractivity contribution in [3.05, 3.63) is 20.3 Å². The van der Waals surface area contributed by atoms with Crippen LogP contribution in [0.1, 0.15) is 42.5 Å². The van der Waals surface area contributed by atoms with Crippen LogP contribution >= 0.6 is 38.9 Å². The molecule has 0 aliphatic heterocycles. The zero-order valence-corrected chi connectivity index (χ0v) is 12.0. The highest BCUT2D eigenvalue weighted by atomic mass is 79.9. The molecule has 1 aromatic rings. The second-order valence-electron chi connectivity index (χ2n) is 3.82. The Labute approximate surface area is 104 Å². The van der Waals surface area contributed by atoms with Gasteiger partial charge in [-0.1, -0.05) is 20.3 Å². The lowest BCUT2D eigenvalue weighted by atomic mass is 10.0. The van der Waals surface area contributed by atoms with Gasteiger partial charge in [0.25, 0.3) is 0 Å².